The van der Waals surface area contributed by atoms with E-state index in [1.807, 2.05) is 0 Å². The Bertz CT molecular complexity index is 585. The van der Waals surface area contributed by atoms with Crippen LogP contribution in [0, 0.1) is 0 Å². The van der Waals surface area contributed by atoms with Crippen LogP contribution < -0.4 is 5.32 Å². The summed E-state index contributed by atoms with van der Waals surface area (Å²) < 4.78 is 10.4. The number of ether oxygens (including phenoxy) is 2. The van der Waals surface area contributed by atoms with Crippen LogP contribution in [0.25, 0.3) is 0 Å². The van der Waals surface area contributed by atoms with E-state index in [0.717, 1.165) is 23.1 Å². The van der Waals surface area contributed by atoms with Crippen LogP contribution in [-0.2, 0) is 23.9 Å². The van der Waals surface area contributed by atoms with Crippen molar-refractivity contribution in [3.05, 3.63) is 12.2 Å². The number of carbonyl (C=O) groups excluding carboxylic acids is 4. The van der Waals surface area contributed by atoms with E-state index >= 15 is 0 Å². The predicted molar refractivity (Wildman–Crippen MR) is 98.1 cm³/mol. The average Bonchev–Trinajstić information content (AvgIpc) is 2.76. The van der Waals surface area contributed by atoms with Gasteiger partial charge in [-0.05, 0) is 26.8 Å². The summed E-state index contributed by atoms with van der Waals surface area (Å²) in [4.78, 5) is 48.9. The zero-order valence-corrected chi connectivity index (χ0v) is 17.3. The fraction of sp³-hybridized carbons (Fsp3) is 0.647. The average molecular weight is 385 g/mol. The maximum Gasteiger partial charge on any atom is 0.407 e. The normalized spacial score (nSPS) is 15.8. The molecule has 26 heavy (non-hydrogen) atoms. The third-order valence-electron chi connectivity index (χ3n) is 3.36. The van der Waals surface area contributed by atoms with Gasteiger partial charge in [0, 0.05) is 20.2 Å². The minimum atomic E-state index is -1.41. The van der Waals surface area contributed by atoms with Crippen LogP contribution in [0.3, 0.4) is 0 Å². The van der Waals surface area contributed by atoms with Crippen LogP contribution in [0.4, 0.5) is 4.79 Å². The van der Waals surface area contributed by atoms with E-state index < -0.39 is 43.6 Å². The molecule has 0 spiro atoms. The number of hydrogen-bond donors (Lipinski definition) is 1. The molecule has 0 fully saturated rings. The van der Waals surface area contributed by atoms with Crippen LogP contribution in [0.1, 0.15) is 20.8 Å². The molecule has 146 valence electrons. The number of nitrogens with one attached hydrogen (secondary N) is 1. The Labute approximate surface area is 154 Å². The number of nitrogens with zero attached hydrogens (tertiary/aromatic N) is 1. The third-order valence-corrected chi connectivity index (χ3v) is 5.07. The minimum absolute atomic E-state index is 0.209. The molecular weight excluding hydrogens is 356 g/mol. The van der Waals surface area contributed by atoms with E-state index in [2.05, 4.69) is 25.0 Å². The molecule has 0 saturated heterocycles. The summed E-state index contributed by atoms with van der Waals surface area (Å²) in [7, 11) is -1.41. The Kier molecular flexibility index (Phi) is 7.14. The first-order chi connectivity index (χ1) is 11.8. The van der Waals surface area contributed by atoms with Crippen LogP contribution in [-0.4, -0.2) is 61.6 Å². The van der Waals surface area contributed by atoms with E-state index in [9.17, 15) is 19.2 Å². The number of esters is 1. The van der Waals surface area contributed by atoms with Gasteiger partial charge in [-0.1, -0.05) is 19.6 Å². The standard InChI is InChI=1S/C17H28N2O6Si/c1-17(2,3)25-16(23)18-11-12(19-13(20)7-8-14(19)21)15(22)24-9-10-26(4,5)6/h7-8,12H,9-11H2,1-6H3,(H,18,23)/t12-/m0/s1. The Balaban J connectivity index is 2.76. The van der Waals surface area contributed by atoms with Gasteiger partial charge in [0.05, 0.1) is 13.2 Å². The van der Waals surface area contributed by atoms with Gasteiger partial charge >= 0.3 is 12.1 Å². The highest BCUT2D eigenvalue weighted by molar-refractivity contribution is 6.76. The zero-order valence-electron chi connectivity index (χ0n) is 16.3. The molecule has 3 amide bonds. The van der Waals surface area contributed by atoms with Gasteiger partial charge in [-0.3, -0.25) is 14.5 Å². The van der Waals surface area contributed by atoms with Crippen molar-refractivity contribution in [2.24, 2.45) is 0 Å². The molecule has 1 aliphatic heterocycles. The molecule has 0 aromatic rings. The zero-order chi connectivity index (χ0) is 20.1. The summed E-state index contributed by atoms with van der Waals surface area (Å²) in [6.45, 7) is 11.4. The number of amides is 3. The molecule has 1 rings (SSSR count). The second kappa shape index (κ2) is 8.48. The molecule has 1 atom stereocenters. The van der Waals surface area contributed by atoms with E-state index in [1.54, 1.807) is 20.8 Å². The molecule has 8 nitrogen and oxygen atoms in total. The molecule has 0 aliphatic carbocycles. The summed E-state index contributed by atoms with van der Waals surface area (Å²) >= 11 is 0. The van der Waals surface area contributed by atoms with Gasteiger partial charge in [-0.2, -0.15) is 0 Å². The van der Waals surface area contributed by atoms with Gasteiger partial charge in [0.25, 0.3) is 11.8 Å². The Morgan fingerprint density at radius 2 is 1.69 bits per heavy atom. The first kappa shape index (κ1) is 21.9. The Hall–Kier alpha value is -2.16. The monoisotopic (exact) mass is 384 g/mol. The van der Waals surface area contributed by atoms with Crippen molar-refractivity contribution < 1.29 is 28.7 Å². The molecular formula is C17H28N2O6Si. The van der Waals surface area contributed by atoms with E-state index in [-0.39, 0.29) is 13.2 Å². The van der Waals surface area contributed by atoms with Crippen LogP contribution in [0.2, 0.25) is 25.7 Å². The maximum absolute atomic E-state index is 12.4. The number of alkyl carbamates (subject to hydrolysis) is 1. The van der Waals surface area contributed by atoms with Gasteiger partial charge in [0.1, 0.15) is 5.60 Å². The van der Waals surface area contributed by atoms with Crippen molar-refractivity contribution in [2.75, 3.05) is 13.2 Å². The molecule has 1 N–H and O–H groups in total. The number of imide groups is 1. The predicted octanol–water partition coefficient (Wildman–Crippen LogP) is 1.69. The lowest BCUT2D eigenvalue weighted by Gasteiger charge is -2.26. The quantitative estimate of drug-likeness (QED) is 0.407. The van der Waals surface area contributed by atoms with E-state index in [1.165, 1.54) is 0 Å². The second-order valence-corrected chi connectivity index (χ2v) is 13.9. The van der Waals surface area contributed by atoms with Gasteiger partial charge in [-0.15, -0.1) is 0 Å². The lowest BCUT2D eigenvalue weighted by atomic mass is 10.2. The van der Waals surface area contributed by atoms with Crippen molar-refractivity contribution in [1.29, 1.82) is 0 Å². The highest BCUT2D eigenvalue weighted by atomic mass is 28.3. The summed E-state index contributed by atoms with van der Waals surface area (Å²) in [6.07, 6.45) is 1.42. The van der Waals surface area contributed by atoms with Gasteiger partial charge in [0.15, 0.2) is 6.04 Å². The number of rotatable bonds is 7. The molecule has 0 aromatic carbocycles. The number of hydrogen-bond acceptors (Lipinski definition) is 6. The van der Waals surface area contributed by atoms with Crippen LogP contribution >= 0.6 is 0 Å². The molecule has 0 saturated carbocycles. The fourth-order valence-corrected chi connectivity index (χ4v) is 2.76. The number of carbonyl (C=O) groups is 4. The first-order valence-electron chi connectivity index (χ1n) is 8.49. The lowest BCUT2D eigenvalue weighted by Crippen LogP contribution is -2.52. The Morgan fingerprint density at radius 1 is 1.15 bits per heavy atom. The topological polar surface area (TPSA) is 102 Å². The van der Waals surface area contributed by atoms with E-state index in [4.69, 9.17) is 9.47 Å². The van der Waals surface area contributed by atoms with Crippen molar-refractivity contribution in [3.8, 4) is 0 Å². The van der Waals surface area contributed by atoms with Crippen molar-refractivity contribution in [3.63, 3.8) is 0 Å². The van der Waals surface area contributed by atoms with Gasteiger partial charge < -0.3 is 14.8 Å². The largest absolute Gasteiger partial charge is 0.464 e. The maximum atomic E-state index is 12.4. The van der Waals surface area contributed by atoms with Crippen molar-refractivity contribution in [1.82, 2.24) is 10.2 Å². The molecule has 9 heteroatoms. The summed E-state index contributed by atoms with van der Waals surface area (Å²) in [5.74, 6) is -1.97. The van der Waals surface area contributed by atoms with Gasteiger partial charge in [0.2, 0.25) is 0 Å². The molecule has 1 heterocycles. The second-order valence-electron chi connectivity index (χ2n) is 8.26. The molecule has 1 aliphatic rings. The van der Waals surface area contributed by atoms with Crippen LogP contribution in [0.15, 0.2) is 12.2 Å². The third kappa shape index (κ3) is 7.38. The lowest BCUT2D eigenvalue weighted by molar-refractivity contribution is -0.157. The fourth-order valence-electron chi connectivity index (χ4n) is 2.05. The van der Waals surface area contributed by atoms with Gasteiger partial charge in [-0.25, -0.2) is 9.59 Å². The molecule has 0 unspecified atom stereocenters. The van der Waals surface area contributed by atoms with Crippen molar-refractivity contribution >= 4 is 32.0 Å². The Morgan fingerprint density at radius 3 is 2.15 bits per heavy atom. The highest BCUT2D eigenvalue weighted by Crippen LogP contribution is 2.13. The molecule has 0 aromatic heterocycles. The summed E-state index contributed by atoms with van der Waals surface area (Å²) in [6, 6.07) is -0.482. The highest BCUT2D eigenvalue weighted by Gasteiger charge is 2.37. The van der Waals surface area contributed by atoms with Crippen LogP contribution in [0.5, 0.6) is 0 Å². The molecule has 0 bridgehead atoms. The summed E-state index contributed by atoms with van der Waals surface area (Å²) in [5, 5.41) is 2.42. The SMILES string of the molecule is CC(C)(C)OC(=O)NC[C@@H](C(=O)OCC[Si](C)(C)C)N1C(=O)C=CC1=O. The van der Waals surface area contributed by atoms with Crippen molar-refractivity contribution in [2.45, 2.75) is 58.1 Å². The van der Waals surface area contributed by atoms with E-state index in [0.29, 0.717) is 0 Å². The molecule has 0 radical (unpaired) electrons. The summed E-state index contributed by atoms with van der Waals surface area (Å²) in [5.41, 5.74) is -0.710. The first-order valence-corrected chi connectivity index (χ1v) is 12.2. The minimum Gasteiger partial charge on any atom is -0.464 e. The smallest absolute Gasteiger partial charge is 0.407 e.